The minimum Gasteiger partial charge on any atom is -0.506 e. The van der Waals surface area contributed by atoms with Gasteiger partial charge in [0.05, 0.1) is 45.4 Å². The molecule has 0 spiro atoms. The normalized spacial score (nSPS) is 19.1. The number of hydrogen-bond acceptors (Lipinski definition) is 9. The minimum atomic E-state index is -4.02. The third kappa shape index (κ3) is 5.01. The molecule has 9 nitrogen and oxygen atoms in total. The first kappa shape index (κ1) is 24.7. The van der Waals surface area contributed by atoms with Crippen LogP contribution in [0.2, 0.25) is 0 Å². The molecule has 0 aromatic heterocycles. The summed E-state index contributed by atoms with van der Waals surface area (Å²) in [6.45, 7) is 3.31. The highest BCUT2D eigenvalue weighted by atomic mass is 31.2. The largest absolute Gasteiger partial charge is 0.506 e. The van der Waals surface area contributed by atoms with Gasteiger partial charge in [-0.25, -0.2) is 9.59 Å². The zero-order chi connectivity index (χ0) is 23.2. The van der Waals surface area contributed by atoms with Crippen molar-refractivity contribution in [2.24, 2.45) is 0 Å². The van der Waals surface area contributed by atoms with E-state index in [1.54, 1.807) is 32.0 Å². The number of carbonyl (C=O) groups excluding carboxylic acids is 2. The molecule has 0 saturated carbocycles. The fraction of sp³-hybridized carbons (Fsp3) is 0.429. The van der Waals surface area contributed by atoms with Crippen molar-refractivity contribution >= 4 is 25.3 Å². The van der Waals surface area contributed by atoms with Crippen molar-refractivity contribution in [1.82, 2.24) is 0 Å². The number of methoxy groups -OCH3 is 3. The van der Waals surface area contributed by atoms with E-state index in [0.717, 1.165) is 14.2 Å². The summed E-state index contributed by atoms with van der Waals surface area (Å²) in [4.78, 5) is 25.5. The SMILES string of the molecule is CCOP(=O)(OCC)/C1=C(C(=O)OC)/C(C(=O)OC)=C(/O)c2ccc(OC)cc2CC1. The monoisotopic (exact) mass is 454 g/mol. The quantitative estimate of drug-likeness (QED) is 0.462. The van der Waals surface area contributed by atoms with Crippen molar-refractivity contribution in [1.29, 1.82) is 0 Å². The van der Waals surface area contributed by atoms with Crippen LogP contribution in [-0.4, -0.2) is 51.6 Å². The van der Waals surface area contributed by atoms with Gasteiger partial charge < -0.3 is 28.4 Å². The van der Waals surface area contributed by atoms with Crippen LogP contribution >= 0.6 is 7.60 Å². The van der Waals surface area contributed by atoms with E-state index in [1.807, 2.05) is 0 Å². The van der Waals surface area contributed by atoms with Gasteiger partial charge in [0, 0.05) is 5.56 Å². The molecule has 1 aliphatic rings. The smallest absolute Gasteiger partial charge is 0.358 e. The van der Waals surface area contributed by atoms with Gasteiger partial charge >= 0.3 is 19.5 Å². The van der Waals surface area contributed by atoms with Crippen molar-refractivity contribution in [3.8, 4) is 5.75 Å². The average Bonchev–Trinajstić information content (AvgIpc) is 2.76. The molecule has 170 valence electrons. The lowest BCUT2D eigenvalue weighted by atomic mass is 9.91. The maximum Gasteiger partial charge on any atom is 0.358 e. The zero-order valence-corrected chi connectivity index (χ0v) is 19.1. The van der Waals surface area contributed by atoms with E-state index in [0.29, 0.717) is 16.9 Å². The first-order chi connectivity index (χ1) is 14.8. The van der Waals surface area contributed by atoms with E-state index in [-0.39, 0.29) is 31.4 Å². The molecule has 0 fully saturated rings. The summed E-state index contributed by atoms with van der Waals surface area (Å²) in [5, 5.41) is 11.0. The number of benzene rings is 1. The molecule has 10 heteroatoms. The summed E-state index contributed by atoms with van der Waals surface area (Å²) in [5.41, 5.74) is 0.0529. The van der Waals surface area contributed by atoms with Gasteiger partial charge in [-0.2, -0.15) is 0 Å². The van der Waals surface area contributed by atoms with E-state index in [9.17, 15) is 19.3 Å². The second kappa shape index (κ2) is 10.6. The second-order valence-corrected chi connectivity index (χ2v) is 8.44. The highest BCUT2D eigenvalue weighted by Gasteiger charge is 2.41. The summed E-state index contributed by atoms with van der Waals surface area (Å²) in [5.74, 6) is -1.96. The van der Waals surface area contributed by atoms with Gasteiger partial charge in [0.15, 0.2) is 0 Å². The molecule has 0 aliphatic heterocycles. The van der Waals surface area contributed by atoms with Gasteiger partial charge in [0.1, 0.15) is 17.1 Å². The van der Waals surface area contributed by atoms with Gasteiger partial charge in [-0.05, 0) is 50.5 Å². The van der Waals surface area contributed by atoms with E-state index < -0.39 is 36.4 Å². The number of allylic oxidation sites excluding steroid dienone is 1. The van der Waals surface area contributed by atoms with Gasteiger partial charge in [-0.3, -0.25) is 4.57 Å². The number of esters is 2. The van der Waals surface area contributed by atoms with Crippen LogP contribution < -0.4 is 4.74 Å². The maximum absolute atomic E-state index is 13.7. The van der Waals surface area contributed by atoms with Crippen LogP contribution in [0.1, 0.15) is 31.4 Å². The molecular weight excluding hydrogens is 427 g/mol. The molecule has 1 aliphatic carbocycles. The first-order valence-corrected chi connectivity index (χ1v) is 11.2. The molecule has 0 bridgehead atoms. The highest BCUT2D eigenvalue weighted by Crippen LogP contribution is 2.60. The molecule has 1 aromatic rings. The lowest BCUT2D eigenvalue weighted by Crippen LogP contribution is -2.21. The summed E-state index contributed by atoms with van der Waals surface area (Å²) >= 11 is 0. The number of aliphatic hydroxyl groups excluding tert-OH is 1. The summed E-state index contributed by atoms with van der Waals surface area (Å²) in [6, 6.07) is 4.86. The van der Waals surface area contributed by atoms with Crippen molar-refractivity contribution < 1.29 is 42.5 Å². The fourth-order valence-electron chi connectivity index (χ4n) is 3.34. The topological polar surface area (TPSA) is 118 Å². The Bertz CT molecular complexity index is 952. The Morgan fingerprint density at radius 2 is 1.55 bits per heavy atom. The Hall–Kier alpha value is -2.61. The summed E-state index contributed by atoms with van der Waals surface area (Å²) in [7, 11) is -0.295. The standard InChI is InChI=1S/C21H27O9P/c1-6-29-31(25,30-7-2)16-11-8-13-12-14(26-3)9-10-15(13)19(22)18(21(24)28-5)17(16)20(23)27-4/h9-10,12,22H,6-8,11H2,1-5H3/b17-16-,19-18-. The Balaban J connectivity index is 2.96. The average molecular weight is 454 g/mol. The van der Waals surface area contributed by atoms with Crippen LogP contribution in [0.25, 0.3) is 5.76 Å². The van der Waals surface area contributed by atoms with Gasteiger partial charge in [-0.15, -0.1) is 0 Å². The number of aryl methyl sites for hydroxylation is 1. The molecule has 2 rings (SSSR count). The number of aliphatic hydroxyl groups is 1. The molecule has 0 radical (unpaired) electrons. The summed E-state index contributed by atoms with van der Waals surface area (Å²) in [6.07, 6.45) is 0.292. The fourth-order valence-corrected chi connectivity index (χ4v) is 5.27. The Labute approximate surface area is 181 Å². The molecule has 0 saturated heterocycles. The number of ether oxygens (including phenoxy) is 3. The number of hydrogen-bond donors (Lipinski definition) is 1. The van der Waals surface area contributed by atoms with Crippen LogP contribution in [0, 0.1) is 0 Å². The van der Waals surface area contributed by atoms with E-state index >= 15 is 0 Å². The third-order valence-corrected chi connectivity index (χ3v) is 6.99. The molecule has 0 atom stereocenters. The van der Waals surface area contributed by atoms with Gasteiger partial charge in [-0.1, -0.05) is 0 Å². The Kier molecular flexibility index (Phi) is 8.44. The molecule has 0 heterocycles. The lowest BCUT2D eigenvalue weighted by molar-refractivity contribution is -0.139. The van der Waals surface area contributed by atoms with Crippen LogP contribution in [0.3, 0.4) is 0 Å². The Morgan fingerprint density at radius 1 is 0.968 bits per heavy atom. The minimum absolute atomic E-state index is 0.0306. The molecule has 0 amide bonds. The van der Waals surface area contributed by atoms with Crippen LogP contribution in [0.5, 0.6) is 5.75 Å². The number of fused-ring (bicyclic) bond motifs is 1. The highest BCUT2D eigenvalue weighted by molar-refractivity contribution is 7.58. The number of rotatable bonds is 8. The van der Waals surface area contributed by atoms with Crippen molar-refractivity contribution in [2.75, 3.05) is 34.5 Å². The molecule has 0 unspecified atom stereocenters. The third-order valence-electron chi connectivity index (χ3n) is 4.68. The predicted molar refractivity (Wildman–Crippen MR) is 113 cm³/mol. The van der Waals surface area contributed by atoms with Crippen LogP contribution in [0.15, 0.2) is 34.7 Å². The van der Waals surface area contributed by atoms with Gasteiger partial charge in [0.2, 0.25) is 0 Å². The second-order valence-electron chi connectivity index (χ2n) is 6.38. The van der Waals surface area contributed by atoms with Crippen molar-refractivity contribution in [3.63, 3.8) is 0 Å². The molecule has 1 aromatic carbocycles. The molecule has 31 heavy (non-hydrogen) atoms. The van der Waals surface area contributed by atoms with E-state index in [1.165, 1.54) is 7.11 Å². The predicted octanol–water partition coefficient (Wildman–Crippen LogP) is 3.78. The molecular formula is C21H27O9P. The van der Waals surface area contributed by atoms with E-state index in [2.05, 4.69) is 0 Å². The maximum atomic E-state index is 13.7. The number of carbonyl (C=O) groups is 2. The lowest BCUT2D eigenvalue weighted by Gasteiger charge is -2.26. The van der Waals surface area contributed by atoms with Crippen LogP contribution in [0.4, 0.5) is 0 Å². The molecule has 1 N–H and O–H groups in total. The Morgan fingerprint density at radius 3 is 2.06 bits per heavy atom. The van der Waals surface area contributed by atoms with Crippen molar-refractivity contribution in [3.05, 3.63) is 45.8 Å². The zero-order valence-electron chi connectivity index (χ0n) is 18.2. The van der Waals surface area contributed by atoms with Crippen LogP contribution in [-0.2, 0) is 39.1 Å². The van der Waals surface area contributed by atoms with E-state index in [4.69, 9.17) is 23.3 Å². The van der Waals surface area contributed by atoms with Crippen molar-refractivity contribution in [2.45, 2.75) is 26.7 Å². The van der Waals surface area contributed by atoms with Gasteiger partial charge in [0.25, 0.3) is 0 Å². The first-order valence-electron chi connectivity index (χ1n) is 9.68. The summed E-state index contributed by atoms with van der Waals surface area (Å²) < 4.78 is 39.5.